The van der Waals surface area contributed by atoms with Gasteiger partial charge in [-0.25, -0.2) is 4.98 Å². The summed E-state index contributed by atoms with van der Waals surface area (Å²) < 4.78 is 10.9. The second kappa shape index (κ2) is 5.71. The number of nitrogens with zero attached hydrogens (tertiary/aromatic N) is 1. The van der Waals surface area contributed by atoms with Crippen molar-refractivity contribution in [3.8, 4) is 17.4 Å². The molecule has 0 aliphatic heterocycles. The van der Waals surface area contributed by atoms with Crippen LogP contribution in [-0.4, -0.2) is 12.1 Å². The molecule has 0 saturated heterocycles. The van der Waals surface area contributed by atoms with Crippen LogP contribution < -0.4 is 15.2 Å². The van der Waals surface area contributed by atoms with E-state index in [1.807, 2.05) is 0 Å². The van der Waals surface area contributed by atoms with Crippen LogP contribution in [0, 0.1) is 0 Å². The van der Waals surface area contributed by atoms with Gasteiger partial charge in [0.15, 0.2) is 5.75 Å². The molecular formula is C13H13ClN2O2. The Balaban J connectivity index is 2.37. The number of hydrogen-bond donors (Lipinski definition) is 1. The number of methoxy groups -OCH3 is 1. The lowest BCUT2D eigenvalue weighted by atomic mass is 10.2. The molecule has 94 valence electrons. The fourth-order valence-corrected chi connectivity index (χ4v) is 1.79. The Morgan fingerprint density at radius 3 is 2.72 bits per heavy atom. The molecule has 0 radical (unpaired) electrons. The van der Waals surface area contributed by atoms with E-state index in [4.69, 9.17) is 26.8 Å². The third-order valence-corrected chi connectivity index (χ3v) is 2.80. The molecule has 5 heteroatoms. The van der Waals surface area contributed by atoms with Crippen molar-refractivity contribution in [1.82, 2.24) is 4.98 Å². The minimum absolute atomic E-state index is 0.296. The van der Waals surface area contributed by atoms with Crippen molar-refractivity contribution in [2.75, 3.05) is 7.11 Å². The molecule has 0 saturated carbocycles. The lowest BCUT2D eigenvalue weighted by Crippen LogP contribution is -2.01. The van der Waals surface area contributed by atoms with Crippen LogP contribution in [-0.2, 0) is 6.54 Å². The number of aromatic nitrogens is 1. The molecule has 2 N–H and O–H groups in total. The number of nitrogens with two attached hydrogens (primary N) is 1. The quantitative estimate of drug-likeness (QED) is 0.922. The molecule has 0 amide bonds. The smallest absolute Gasteiger partial charge is 0.262 e. The molecular weight excluding hydrogens is 252 g/mol. The van der Waals surface area contributed by atoms with Crippen LogP contribution in [0.4, 0.5) is 0 Å². The molecule has 0 spiro atoms. The molecule has 0 unspecified atom stereocenters. The summed E-state index contributed by atoms with van der Waals surface area (Å²) in [6, 6.07) is 8.91. The molecule has 18 heavy (non-hydrogen) atoms. The summed E-state index contributed by atoms with van der Waals surface area (Å²) in [4.78, 5) is 4.12. The summed E-state index contributed by atoms with van der Waals surface area (Å²) in [7, 11) is 1.56. The molecule has 1 heterocycles. The number of rotatable bonds is 4. The van der Waals surface area contributed by atoms with E-state index in [1.165, 1.54) is 0 Å². The zero-order valence-corrected chi connectivity index (χ0v) is 10.6. The molecule has 2 aromatic rings. The second-order valence-corrected chi connectivity index (χ2v) is 3.94. The van der Waals surface area contributed by atoms with E-state index >= 15 is 0 Å². The Hall–Kier alpha value is -1.78. The number of pyridine rings is 1. The summed E-state index contributed by atoms with van der Waals surface area (Å²) in [6.07, 6.45) is 1.63. The minimum Gasteiger partial charge on any atom is -0.491 e. The van der Waals surface area contributed by atoms with E-state index in [0.717, 1.165) is 5.56 Å². The molecule has 0 atom stereocenters. The number of ether oxygens (including phenoxy) is 2. The van der Waals surface area contributed by atoms with Gasteiger partial charge in [0.25, 0.3) is 5.88 Å². The molecule has 4 nitrogen and oxygen atoms in total. The Morgan fingerprint density at radius 1 is 1.22 bits per heavy atom. The lowest BCUT2D eigenvalue weighted by molar-refractivity contribution is 0.368. The van der Waals surface area contributed by atoms with Gasteiger partial charge in [0.05, 0.1) is 7.11 Å². The second-order valence-electron chi connectivity index (χ2n) is 3.53. The third kappa shape index (κ3) is 2.55. The van der Waals surface area contributed by atoms with E-state index < -0.39 is 0 Å². The van der Waals surface area contributed by atoms with Crippen LogP contribution in [0.15, 0.2) is 36.5 Å². The standard InChI is InChI=1S/C13H13ClN2O2/c1-17-12-6-3-7-16-13(12)18-11-5-2-4-10(14)9(11)8-15/h2-7H,8,15H2,1H3. The summed E-state index contributed by atoms with van der Waals surface area (Å²) >= 11 is 6.06. The van der Waals surface area contributed by atoms with Crippen molar-refractivity contribution >= 4 is 11.6 Å². The first-order chi connectivity index (χ1) is 8.76. The highest BCUT2D eigenvalue weighted by Gasteiger charge is 2.11. The van der Waals surface area contributed by atoms with Crippen LogP contribution in [0.5, 0.6) is 17.4 Å². The Morgan fingerprint density at radius 2 is 2.00 bits per heavy atom. The van der Waals surface area contributed by atoms with Gasteiger partial charge in [0.2, 0.25) is 0 Å². The normalized spacial score (nSPS) is 10.2. The van der Waals surface area contributed by atoms with Gasteiger partial charge in [-0.2, -0.15) is 0 Å². The van der Waals surface area contributed by atoms with Crippen LogP contribution >= 0.6 is 11.6 Å². The van der Waals surface area contributed by atoms with Crippen molar-refractivity contribution in [3.63, 3.8) is 0 Å². The van der Waals surface area contributed by atoms with Gasteiger partial charge in [0, 0.05) is 23.3 Å². The van der Waals surface area contributed by atoms with E-state index in [9.17, 15) is 0 Å². The Kier molecular flexibility index (Phi) is 4.02. The summed E-state index contributed by atoms with van der Waals surface area (Å²) in [5.41, 5.74) is 6.40. The van der Waals surface area contributed by atoms with Gasteiger partial charge in [0.1, 0.15) is 5.75 Å². The first-order valence-corrected chi connectivity index (χ1v) is 5.78. The Bertz CT molecular complexity index is 546. The van der Waals surface area contributed by atoms with Gasteiger partial charge in [-0.15, -0.1) is 0 Å². The molecule has 1 aromatic heterocycles. The minimum atomic E-state index is 0.296. The molecule has 1 aromatic carbocycles. The predicted octanol–water partition coefficient (Wildman–Crippen LogP) is 2.99. The molecule has 0 bridgehead atoms. The van der Waals surface area contributed by atoms with Crippen molar-refractivity contribution in [3.05, 3.63) is 47.1 Å². The third-order valence-electron chi connectivity index (χ3n) is 2.44. The first-order valence-electron chi connectivity index (χ1n) is 5.40. The highest BCUT2D eigenvalue weighted by atomic mass is 35.5. The van der Waals surface area contributed by atoms with Crippen LogP contribution in [0.25, 0.3) is 0 Å². The van der Waals surface area contributed by atoms with Gasteiger partial charge in [-0.1, -0.05) is 17.7 Å². The van der Waals surface area contributed by atoms with E-state index in [1.54, 1.807) is 43.6 Å². The van der Waals surface area contributed by atoms with Crippen molar-refractivity contribution < 1.29 is 9.47 Å². The SMILES string of the molecule is COc1cccnc1Oc1cccc(Cl)c1CN. The maximum Gasteiger partial charge on any atom is 0.262 e. The van der Waals surface area contributed by atoms with Gasteiger partial charge < -0.3 is 15.2 Å². The van der Waals surface area contributed by atoms with E-state index in [2.05, 4.69) is 4.98 Å². The predicted molar refractivity (Wildman–Crippen MR) is 70.2 cm³/mol. The zero-order valence-electron chi connectivity index (χ0n) is 9.89. The highest BCUT2D eigenvalue weighted by Crippen LogP contribution is 2.33. The molecule has 0 aliphatic carbocycles. The summed E-state index contributed by atoms with van der Waals surface area (Å²) in [6.45, 7) is 0.296. The van der Waals surface area contributed by atoms with Gasteiger partial charge in [-0.3, -0.25) is 0 Å². The summed E-state index contributed by atoms with van der Waals surface area (Å²) in [5.74, 6) is 1.53. The first kappa shape index (κ1) is 12.7. The van der Waals surface area contributed by atoms with Gasteiger partial charge >= 0.3 is 0 Å². The van der Waals surface area contributed by atoms with Crippen LogP contribution in [0.1, 0.15) is 5.56 Å². The average molecular weight is 265 g/mol. The largest absolute Gasteiger partial charge is 0.491 e. The van der Waals surface area contributed by atoms with Crippen LogP contribution in [0.3, 0.4) is 0 Å². The van der Waals surface area contributed by atoms with Crippen molar-refractivity contribution in [2.24, 2.45) is 5.73 Å². The number of hydrogen-bond acceptors (Lipinski definition) is 4. The van der Waals surface area contributed by atoms with Crippen molar-refractivity contribution in [1.29, 1.82) is 0 Å². The zero-order chi connectivity index (χ0) is 13.0. The fraction of sp³-hybridized carbons (Fsp3) is 0.154. The number of halogens is 1. The van der Waals surface area contributed by atoms with Crippen molar-refractivity contribution in [2.45, 2.75) is 6.54 Å². The van der Waals surface area contributed by atoms with E-state index in [-0.39, 0.29) is 0 Å². The van der Waals surface area contributed by atoms with E-state index in [0.29, 0.717) is 28.9 Å². The Labute approximate surface area is 110 Å². The highest BCUT2D eigenvalue weighted by molar-refractivity contribution is 6.31. The fourth-order valence-electron chi connectivity index (χ4n) is 1.54. The average Bonchev–Trinajstić information content (AvgIpc) is 2.40. The monoisotopic (exact) mass is 264 g/mol. The maximum atomic E-state index is 6.06. The molecule has 2 rings (SSSR count). The topological polar surface area (TPSA) is 57.4 Å². The molecule has 0 fully saturated rings. The number of benzene rings is 1. The van der Waals surface area contributed by atoms with Crippen LogP contribution in [0.2, 0.25) is 5.02 Å². The lowest BCUT2D eigenvalue weighted by Gasteiger charge is -2.12. The maximum absolute atomic E-state index is 6.06. The molecule has 0 aliphatic rings. The van der Waals surface area contributed by atoms with Gasteiger partial charge in [-0.05, 0) is 24.3 Å². The summed E-state index contributed by atoms with van der Waals surface area (Å²) in [5, 5.41) is 0.574.